The molecule has 1 nitrogen and oxygen atoms in total. The summed E-state index contributed by atoms with van der Waals surface area (Å²) in [7, 11) is 0. The Balaban J connectivity index is 0.000000845. The van der Waals surface area contributed by atoms with Gasteiger partial charge in [-0.25, -0.2) is 0 Å². The van der Waals surface area contributed by atoms with Crippen LogP contribution >= 0.6 is 0 Å². The highest BCUT2D eigenvalue weighted by atomic mass is 127. The average molecular weight is 282 g/mol. The van der Waals surface area contributed by atoms with Crippen LogP contribution in [0.5, 0.6) is 0 Å². The fraction of sp³-hybridized carbons (Fsp3) is 0. The van der Waals surface area contributed by atoms with Crippen molar-refractivity contribution in [2.75, 3.05) is 0 Å². The SMILES string of the molecule is C1=CC=C(c2ccccc2)[N+]=C1.[I-]. The topological polar surface area (TPSA) is 14.1 Å². The predicted octanol–water partition coefficient (Wildman–Crippen LogP) is -0.992. The van der Waals surface area contributed by atoms with Crippen LogP contribution in [0.1, 0.15) is 5.56 Å². The fourth-order valence-corrected chi connectivity index (χ4v) is 1.14. The van der Waals surface area contributed by atoms with E-state index in [0.29, 0.717) is 0 Å². The highest BCUT2D eigenvalue weighted by Crippen LogP contribution is 2.11. The van der Waals surface area contributed by atoms with E-state index in [0.717, 1.165) is 11.3 Å². The lowest BCUT2D eigenvalue weighted by atomic mass is 10.1. The molecule has 0 saturated carbocycles. The van der Waals surface area contributed by atoms with Gasteiger partial charge in [-0.15, -0.1) is 0 Å². The van der Waals surface area contributed by atoms with Crippen LogP contribution in [0.3, 0.4) is 0 Å². The van der Waals surface area contributed by atoms with E-state index in [9.17, 15) is 0 Å². The van der Waals surface area contributed by atoms with Gasteiger partial charge in [-0.2, -0.15) is 0 Å². The van der Waals surface area contributed by atoms with E-state index >= 15 is 0 Å². The summed E-state index contributed by atoms with van der Waals surface area (Å²) >= 11 is 0. The molecule has 0 amide bonds. The molecule has 2 heteroatoms. The summed E-state index contributed by atoms with van der Waals surface area (Å²) in [5, 5.41) is 0. The molecule has 13 heavy (non-hydrogen) atoms. The van der Waals surface area contributed by atoms with Crippen molar-refractivity contribution in [2.45, 2.75) is 0 Å². The van der Waals surface area contributed by atoms with Gasteiger partial charge in [0.15, 0.2) is 0 Å². The molecule has 0 saturated heterocycles. The van der Waals surface area contributed by atoms with Crippen molar-refractivity contribution < 1.29 is 24.0 Å². The second-order valence-corrected chi connectivity index (χ2v) is 2.58. The number of hydrogen-bond donors (Lipinski definition) is 0. The summed E-state index contributed by atoms with van der Waals surface area (Å²) < 4.78 is 0. The minimum absolute atomic E-state index is 0. The lowest BCUT2D eigenvalue weighted by Gasteiger charge is -1.90. The molecule has 0 aromatic heterocycles. The Morgan fingerprint density at radius 1 is 0.923 bits per heavy atom. The standard InChI is InChI=1S/C11H9N.HI/c1-2-6-10(7-3-1)11-8-4-5-9-12-11;/h1-9H;1H/q+1;/p-1. The maximum atomic E-state index is 4.25. The maximum absolute atomic E-state index is 4.25. The van der Waals surface area contributed by atoms with E-state index in [1.54, 1.807) is 0 Å². The predicted molar refractivity (Wildman–Crippen MR) is 51.8 cm³/mol. The Morgan fingerprint density at radius 3 is 2.31 bits per heavy atom. The van der Waals surface area contributed by atoms with Gasteiger partial charge in [-0.1, -0.05) is 18.2 Å². The molecular weight excluding hydrogens is 273 g/mol. The molecular formula is C11H9IN. The van der Waals surface area contributed by atoms with Crippen LogP contribution in [0.2, 0.25) is 0 Å². The zero-order valence-electron chi connectivity index (χ0n) is 7.02. The molecule has 0 fully saturated rings. The summed E-state index contributed by atoms with van der Waals surface area (Å²) in [5.74, 6) is 0. The third kappa shape index (κ3) is 2.52. The number of nitrogens with zero attached hydrogens (tertiary/aromatic N) is 1. The Kier molecular flexibility index (Phi) is 3.89. The molecule has 1 radical (unpaired) electrons. The monoisotopic (exact) mass is 282 g/mol. The van der Waals surface area contributed by atoms with Crippen molar-refractivity contribution in [3.8, 4) is 0 Å². The van der Waals surface area contributed by atoms with E-state index in [1.807, 2.05) is 42.6 Å². The Labute approximate surface area is 94.9 Å². The zero-order chi connectivity index (χ0) is 8.23. The van der Waals surface area contributed by atoms with E-state index < -0.39 is 0 Å². The van der Waals surface area contributed by atoms with Crippen LogP contribution in [0.15, 0.2) is 48.6 Å². The normalized spacial score (nSPS) is 13.4. The lowest BCUT2D eigenvalue weighted by Crippen LogP contribution is -3.00. The fourth-order valence-electron chi connectivity index (χ4n) is 1.14. The van der Waals surface area contributed by atoms with Crippen LogP contribution in [-0.4, -0.2) is 6.21 Å². The van der Waals surface area contributed by atoms with E-state index in [-0.39, 0.29) is 24.0 Å². The van der Waals surface area contributed by atoms with Crippen LogP contribution in [0.4, 0.5) is 0 Å². The molecule has 0 unspecified atom stereocenters. The van der Waals surface area contributed by atoms with Crippen molar-refractivity contribution in [3.63, 3.8) is 0 Å². The third-order valence-corrected chi connectivity index (χ3v) is 1.73. The van der Waals surface area contributed by atoms with Gasteiger partial charge in [-0.3, -0.25) is 0 Å². The molecule has 1 heterocycles. The Bertz CT molecular complexity index is 350. The highest BCUT2D eigenvalue weighted by molar-refractivity contribution is 5.81. The summed E-state index contributed by atoms with van der Waals surface area (Å²) in [6.07, 6.45) is 7.74. The van der Waals surface area contributed by atoms with Gasteiger partial charge in [0.2, 0.25) is 6.21 Å². The largest absolute Gasteiger partial charge is 1.00 e. The molecule has 0 N–H and O–H groups in total. The molecule has 0 aliphatic carbocycles. The molecule has 0 spiro atoms. The summed E-state index contributed by atoms with van der Waals surface area (Å²) in [6.45, 7) is 0. The van der Waals surface area contributed by atoms with E-state index in [2.05, 4.69) is 17.1 Å². The van der Waals surface area contributed by atoms with Crippen LogP contribution in [-0.2, 0) is 0 Å². The van der Waals surface area contributed by atoms with Gasteiger partial charge in [0.25, 0.3) is 5.70 Å². The van der Waals surface area contributed by atoms with Gasteiger partial charge in [0.05, 0.1) is 10.6 Å². The highest BCUT2D eigenvalue weighted by Gasteiger charge is 2.09. The molecule has 1 aliphatic rings. The summed E-state index contributed by atoms with van der Waals surface area (Å²) in [5.41, 5.74) is 2.19. The molecule has 1 aromatic carbocycles. The first-order chi connectivity index (χ1) is 5.97. The molecule has 1 aromatic rings. The van der Waals surface area contributed by atoms with Crippen LogP contribution < -0.4 is 29.0 Å². The van der Waals surface area contributed by atoms with E-state index in [4.69, 9.17) is 0 Å². The minimum Gasteiger partial charge on any atom is -1.00 e. The van der Waals surface area contributed by atoms with Crippen LogP contribution in [0.25, 0.3) is 5.70 Å². The van der Waals surface area contributed by atoms with Gasteiger partial charge in [0, 0.05) is 12.2 Å². The number of aliphatic imine (C=N–C) groups is 1. The molecule has 0 atom stereocenters. The quantitative estimate of drug-likeness (QED) is 0.587. The van der Waals surface area contributed by atoms with Crippen molar-refractivity contribution in [2.24, 2.45) is 0 Å². The first-order valence-corrected chi connectivity index (χ1v) is 3.93. The number of allylic oxidation sites excluding steroid dienone is 3. The lowest BCUT2D eigenvalue weighted by molar-refractivity contribution is -0.00000237. The zero-order valence-corrected chi connectivity index (χ0v) is 9.18. The van der Waals surface area contributed by atoms with Crippen molar-refractivity contribution in [3.05, 3.63) is 54.1 Å². The average Bonchev–Trinajstić information content (AvgIpc) is 2.21. The van der Waals surface area contributed by atoms with Gasteiger partial charge < -0.3 is 24.0 Å². The number of halogens is 1. The second kappa shape index (κ2) is 4.97. The Hall–Kier alpha value is -0.900. The number of rotatable bonds is 1. The van der Waals surface area contributed by atoms with Crippen molar-refractivity contribution in [1.82, 2.24) is 4.99 Å². The molecule has 2 rings (SSSR count). The number of benzene rings is 1. The smallest absolute Gasteiger partial charge is 0.284 e. The van der Waals surface area contributed by atoms with Crippen LogP contribution in [0, 0.1) is 0 Å². The molecule has 65 valence electrons. The molecule has 0 bridgehead atoms. The summed E-state index contributed by atoms with van der Waals surface area (Å²) in [4.78, 5) is 4.25. The Morgan fingerprint density at radius 2 is 1.69 bits per heavy atom. The summed E-state index contributed by atoms with van der Waals surface area (Å²) in [6, 6.07) is 10.2. The minimum atomic E-state index is 0. The number of hydrogen-bond acceptors (Lipinski definition) is 1. The first kappa shape index (κ1) is 10.2. The van der Waals surface area contributed by atoms with Gasteiger partial charge >= 0.3 is 0 Å². The van der Waals surface area contributed by atoms with Gasteiger partial charge in [0.1, 0.15) is 0 Å². The second-order valence-electron chi connectivity index (χ2n) is 2.58. The van der Waals surface area contributed by atoms with Gasteiger partial charge in [-0.05, 0) is 18.2 Å². The third-order valence-electron chi connectivity index (χ3n) is 1.73. The van der Waals surface area contributed by atoms with E-state index in [1.165, 1.54) is 0 Å². The maximum Gasteiger partial charge on any atom is 0.284 e. The first-order valence-electron chi connectivity index (χ1n) is 3.93. The van der Waals surface area contributed by atoms with Crippen molar-refractivity contribution in [1.29, 1.82) is 0 Å². The van der Waals surface area contributed by atoms with Crippen molar-refractivity contribution >= 4 is 11.9 Å². The molecule has 1 aliphatic heterocycles.